The van der Waals surface area contributed by atoms with Gasteiger partial charge in [-0.3, -0.25) is 4.79 Å². The summed E-state index contributed by atoms with van der Waals surface area (Å²) < 4.78 is 4.68. The van der Waals surface area contributed by atoms with Crippen LogP contribution in [0.1, 0.15) is 6.42 Å². The second-order valence-corrected chi connectivity index (χ2v) is 1.28. The van der Waals surface area contributed by atoms with E-state index in [2.05, 4.69) is 10.1 Å². The van der Waals surface area contributed by atoms with Crippen LogP contribution >= 0.6 is 0 Å². The highest BCUT2D eigenvalue weighted by molar-refractivity contribution is 5.77. The molecule has 1 saturated heterocycles. The van der Waals surface area contributed by atoms with Gasteiger partial charge in [0.2, 0.25) is 5.91 Å². The first-order chi connectivity index (χ1) is 3.39. The standard InChI is InChI=1S/C4H6NO2/c6-4-1-2-7-3-5-4/h2H,1,3H2,(H,5,6). The van der Waals surface area contributed by atoms with Gasteiger partial charge in [-0.1, -0.05) is 0 Å². The van der Waals surface area contributed by atoms with E-state index in [4.69, 9.17) is 0 Å². The highest BCUT2D eigenvalue weighted by Gasteiger charge is 2.04. The van der Waals surface area contributed by atoms with E-state index in [-0.39, 0.29) is 5.91 Å². The summed E-state index contributed by atoms with van der Waals surface area (Å²) in [7, 11) is 0. The van der Waals surface area contributed by atoms with Crippen LogP contribution < -0.4 is 5.32 Å². The largest absolute Gasteiger partial charge is 0.355 e. The smallest absolute Gasteiger partial charge is 0.224 e. The molecule has 7 heavy (non-hydrogen) atoms. The minimum absolute atomic E-state index is 0.0336. The van der Waals surface area contributed by atoms with E-state index in [9.17, 15) is 4.79 Å². The highest BCUT2D eigenvalue weighted by atomic mass is 16.5. The van der Waals surface area contributed by atoms with Gasteiger partial charge in [0.25, 0.3) is 0 Å². The van der Waals surface area contributed by atoms with E-state index < -0.39 is 0 Å². The number of carbonyl (C=O) groups excluding carboxylic acids is 1. The second kappa shape index (κ2) is 1.93. The summed E-state index contributed by atoms with van der Waals surface area (Å²) in [6, 6.07) is 0. The van der Waals surface area contributed by atoms with E-state index in [1.165, 1.54) is 6.61 Å². The fraction of sp³-hybridized carbons (Fsp3) is 0.500. The Morgan fingerprint density at radius 2 is 2.71 bits per heavy atom. The van der Waals surface area contributed by atoms with Crippen molar-refractivity contribution in [1.29, 1.82) is 0 Å². The summed E-state index contributed by atoms with van der Waals surface area (Å²) in [5.41, 5.74) is 0. The Labute approximate surface area is 41.7 Å². The van der Waals surface area contributed by atoms with Crippen molar-refractivity contribution in [3.63, 3.8) is 0 Å². The van der Waals surface area contributed by atoms with Gasteiger partial charge in [-0.2, -0.15) is 0 Å². The molecule has 1 amide bonds. The molecule has 0 aromatic carbocycles. The fourth-order valence-electron chi connectivity index (χ4n) is 0.388. The van der Waals surface area contributed by atoms with Crippen LogP contribution in [-0.4, -0.2) is 12.6 Å². The number of rotatable bonds is 0. The highest BCUT2D eigenvalue weighted by Crippen LogP contribution is 1.92. The van der Waals surface area contributed by atoms with Crippen LogP contribution in [0.4, 0.5) is 0 Å². The number of hydrogen-bond donors (Lipinski definition) is 1. The number of carbonyl (C=O) groups is 1. The van der Waals surface area contributed by atoms with Gasteiger partial charge in [-0.25, -0.2) is 0 Å². The van der Waals surface area contributed by atoms with Crippen LogP contribution in [-0.2, 0) is 9.53 Å². The topological polar surface area (TPSA) is 38.3 Å². The number of hydrogen-bond acceptors (Lipinski definition) is 2. The molecule has 0 aromatic heterocycles. The molecule has 0 spiro atoms. The van der Waals surface area contributed by atoms with Crippen LogP contribution in [0.25, 0.3) is 0 Å². The molecule has 0 aromatic rings. The Morgan fingerprint density at radius 1 is 1.86 bits per heavy atom. The Kier molecular flexibility index (Phi) is 1.26. The zero-order valence-electron chi connectivity index (χ0n) is 3.81. The first kappa shape index (κ1) is 4.59. The zero-order chi connectivity index (χ0) is 5.11. The normalized spacial score (nSPS) is 21.4. The molecule has 0 bridgehead atoms. The third-order valence-electron chi connectivity index (χ3n) is 0.739. The molecule has 0 aliphatic carbocycles. The minimum Gasteiger partial charge on any atom is -0.355 e. The first-order valence-electron chi connectivity index (χ1n) is 2.09. The average Bonchev–Trinajstić information content (AvgIpc) is 1.69. The Balaban J connectivity index is 2.25. The van der Waals surface area contributed by atoms with Crippen molar-refractivity contribution in [2.24, 2.45) is 0 Å². The summed E-state index contributed by atoms with van der Waals surface area (Å²) in [4.78, 5) is 10.2. The van der Waals surface area contributed by atoms with Gasteiger partial charge in [0.05, 0.1) is 13.0 Å². The van der Waals surface area contributed by atoms with Crippen molar-refractivity contribution >= 4 is 5.91 Å². The van der Waals surface area contributed by atoms with Crippen LogP contribution in [0.2, 0.25) is 0 Å². The molecule has 1 N–H and O–H groups in total. The van der Waals surface area contributed by atoms with Gasteiger partial charge in [0.15, 0.2) is 0 Å². The zero-order valence-corrected chi connectivity index (χ0v) is 3.81. The van der Waals surface area contributed by atoms with E-state index in [0.717, 1.165) is 0 Å². The third-order valence-corrected chi connectivity index (χ3v) is 0.739. The monoisotopic (exact) mass is 100 g/mol. The first-order valence-corrected chi connectivity index (χ1v) is 2.09. The lowest BCUT2D eigenvalue weighted by atomic mass is 10.4. The maximum atomic E-state index is 10.2. The number of nitrogens with one attached hydrogen (secondary N) is 1. The molecule has 3 heteroatoms. The summed E-state index contributed by atoms with van der Waals surface area (Å²) in [6.07, 6.45) is 0.389. The van der Waals surface area contributed by atoms with Crippen LogP contribution in [0.15, 0.2) is 0 Å². The molecular weight excluding hydrogens is 94.0 g/mol. The van der Waals surface area contributed by atoms with E-state index >= 15 is 0 Å². The van der Waals surface area contributed by atoms with Crippen LogP contribution in [0.3, 0.4) is 0 Å². The molecular formula is C4H6NO2. The van der Waals surface area contributed by atoms with Gasteiger partial charge in [0.1, 0.15) is 6.73 Å². The van der Waals surface area contributed by atoms with Crippen LogP contribution in [0, 0.1) is 6.61 Å². The maximum absolute atomic E-state index is 10.2. The van der Waals surface area contributed by atoms with Gasteiger partial charge in [0, 0.05) is 0 Å². The van der Waals surface area contributed by atoms with Crippen LogP contribution in [0.5, 0.6) is 0 Å². The molecule has 1 fully saturated rings. The van der Waals surface area contributed by atoms with Crippen molar-refractivity contribution in [1.82, 2.24) is 5.32 Å². The van der Waals surface area contributed by atoms with Gasteiger partial charge in [-0.05, 0) is 0 Å². The van der Waals surface area contributed by atoms with Crippen molar-refractivity contribution in [3.05, 3.63) is 6.61 Å². The lowest BCUT2D eigenvalue weighted by Crippen LogP contribution is -2.30. The Morgan fingerprint density at radius 3 is 3.00 bits per heavy atom. The van der Waals surface area contributed by atoms with Crippen molar-refractivity contribution in [2.75, 3.05) is 6.73 Å². The van der Waals surface area contributed by atoms with E-state index in [0.29, 0.717) is 13.2 Å². The molecule has 0 saturated carbocycles. The fourth-order valence-corrected chi connectivity index (χ4v) is 0.388. The molecule has 0 unspecified atom stereocenters. The quantitative estimate of drug-likeness (QED) is 0.451. The van der Waals surface area contributed by atoms with Gasteiger partial charge < -0.3 is 10.1 Å². The Hall–Kier alpha value is -0.570. The van der Waals surface area contributed by atoms with E-state index in [1.54, 1.807) is 0 Å². The van der Waals surface area contributed by atoms with Crippen molar-refractivity contribution < 1.29 is 9.53 Å². The molecule has 1 heterocycles. The lowest BCUT2D eigenvalue weighted by molar-refractivity contribution is -0.125. The molecule has 1 aliphatic heterocycles. The predicted octanol–water partition coefficient (Wildman–Crippen LogP) is -0.358. The predicted molar refractivity (Wildman–Crippen MR) is 23.0 cm³/mol. The number of ether oxygens (including phenoxy) is 1. The van der Waals surface area contributed by atoms with E-state index in [1.807, 2.05) is 0 Å². The van der Waals surface area contributed by atoms with Crippen molar-refractivity contribution in [2.45, 2.75) is 6.42 Å². The molecule has 1 aliphatic rings. The summed E-state index contributed by atoms with van der Waals surface area (Å²) >= 11 is 0. The minimum atomic E-state index is 0.0336. The second-order valence-electron chi connectivity index (χ2n) is 1.28. The molecule has 39 valence electrons. The molecule has 1 radical (unpaired) electrons. The average molecular weight is 100 g/mol. The Bertz CT molecular complexity index is 73.8. The number of amides is 1. The molecule has 1 rings (SSSR count). The summed E-state index contributed by atoms with van der Waals surface area (Å²) in [5.74, 6) is 0.0336. The third kappa shape index (κ3) is 1.16. The van der Waals surface area contributed by atoms with Crippen molar-refractivity contribution in [3.8, 4) is 0 Å². The molecule has 3 nitrogen and oxygen atoms in total. The lowest BCUT2D eigenvalue weighted by Gasteiger charge is -2.09. The maximum Gasteiger partial charge on any atom is 0.224 e. The SMILES string of the molecule is O=C1C[CH]OCN1. The molecule has 0 atom stereocenters. The van der Waals surface area contributed by atoms with Gasteiger partial charge >= 0.3 is 0 Å². The summed E-state index contributed by atoms with van der Waals surface area (Å²) in [6.45, 7) is 1.83. The van der Waals surface area contributed by atoms with Gasteiger partial charge in [-0.15, -0.1) is 0 Å². The summed E-state index contributed by atoms with van der Waals surface area (Å²) in [5, 5.41) is 2.49.